The van der Waals surface area contributed by atoms with Gasteiger partial charge < -0.3 is 26.8 Å². The first-order chi connectivity index (χ1) is 8.54. The molecule has 0 aliphatic heterocycles. The molecule has 7 nitrogen and oxygen atoms in total. The number of benzene rings is 1. The third kappa shape index (κ3) is 3.85. The summed E-state index contributed by atoms with van der Waals surface area (Å²) < 4.78 is 4.61. The second-order valence-corrected chi connectivity index (χ2v) is 3.51. The van der Waals surface area contributed by atoms with Gasteiger partial charge in [-0.1, -0.05) is 0 Å². The molecular weight excluding hydrogens is 236 g/mol. The van der Waals surface area contributed by atoms with E-state index < -0.39 is 12.0 Å². The summed E-state index contributed by atoms with van der Waals surface area (Å²) in [6, 6.07) is 4.18. The van der Waals surface area contributed by atoms with Gasteiger partial charge in [-0.15, -0.1) is 0 Å². The molecule has 0 atom stereocenters. The summed E-state index contributed by atoms with van der Waals surface area (Å²) in [4.78, 5) is 21.8. The molecule has 6 N–H and O–H groups in total. The smallest absolute Gasteiger partial charge is 0.337 e. The third-order valence-corrected chi connectivity index (χ3v) is 2.21. The molecule has 1 aromatic carbocycles. The summed E-state index contributed by atoms with van der Waals surface area (Å²) in [6.07, 6.45) is 0. The zero-order chi connectivity index (χ0) is 13.5. The number of nitrogens with one attached hydrogen (secondary N) is 2. The van der Waals surface area contributed by atoms with Gasteiger partial charge in [0.2, 0.25) is 0 Å². The van der Waals surface area contributed by atoms with Crippen LogP contribution in [0, 0.1) is 0 Å². The van der Waals surface area contributed by atoms with Crippen LogP contribution in [-0.2, 0) is 4.74 Å². The third-order valence-electron chi connectivity index (χ3n) is 2.21. The lowest BCUT2D eigenvalue weighted by molar-refractivity contribution is 0.0601. The number of primary amides is 1. The maximum absolute atomic E-state index is 11.3. The van der Waals surface area contributed by atoms with Gasteiger partial charge in [0.1, 0.15) is 0 Å². The van der Waals surface area contributed by atoms with E-state index in [2.05, 4.69) is 15.4 Å². The van der Waals surface area contributed by atoms with Crippen molar-refractivity contribution >= 4 is 23.4 Å². The fraction of sp³-hybridized carbons (Fsp3) is 0.273. The molecule has 18 heavy (non-hydrogen) atoms. The molecule has 0 unspecified atom stereocenters. The van der Waals surface area contributed by atoms with Gasteiger partial charge in [0, 0.05) is 13.1 Å². The van der Waals surface area contributed by atoms with E-state index in [9.17, 15) is 9.59 Å². The molecule has 98 valence electrons. The number of carbonyl (C=O) groups excluding carboxylic acids is 2. The summed E-state index contributed by atoms with van der Waals surface area (Å²) in [5.41, 5.74) is 12.2. The van der Waals surface area contributed by atoms with Crippen molar-refractivity contribution < 1.29 is 14.3 Å². The van der Waals surface area contributed by atoms with Crippen molar-refractivity contribution in [1.29, 1.82) is 0 Å². The van der Waals surface area contributed by atoms with Crippen molar-refractivity contribution in [3.05, 3.63) is 23.8 Å². The van der Waals surface area contributed by atoms with Crippen LogP contribution in [0.4, 0.5) is 16.2 Å². The van der Waals surface area contributed by atoms with Crippen LogP contribution in [0.5, 0.6) is 0 Å². The molecule has 0 radical (unpaired) electrons. The van der Waals surface area contributed by atoms with E-state index in [1.807, 2.05) is 0 Å². The molecule has 0 aliphatic carbocycles. The molecule has 0 saturated heterocycles. The number of nitrogens with two attached hydrogens (primary N) is 2. The number of anilines is 2. The summed E-state index contributed by atoms with van der Waals surface area (Å²) in [6.45, 7) is 0.801. The predicted molar refractivity (Wildman–Crippen MR) is 68.3 cm³/mol. The topological polar surface area (TPSA) is 119 Å². The van der Waals surface area contributed by atoms with Crippen LogP contribution in [0.1, 0.15) is 10.4 Å². The summed E-state index contributed by atoms with van der Waals surface area (Å²) >= 11 is 0. The number of rotatable bonds is 5. The average Bonchev–Trinajstić information content (AvgIpc) is 2.35. The largest absolute Gasteiger partial charge is 0.465 e. The number of methoxy groups -OCH3 is 1. The number of ether oxygens (including phenoxy) is 1. The Balaban J connectivity index is 2.64. The Morgan fingerprint density at radius 2 is 2.06 bits per heavy atom. The number of carbonyl (C=O) groups is 2. The molecular formula is C11H16N4O3. The van der Waals surface area contributed by atoms with Crippen molar-refractivity contribution in [2.24, 2.45) is 5.73 Å². The SMILES string of the molecule is COC(=O)c1ccc(N)c(NCCNC(N)=O)c1. The molecule has 0 fully saturated rings. The maximum Gasteiger partial charge on any atom is 0.337 e. The van der Waals surface area contributed by atoms with Crippen molar-refractivity contribution in [3.8, 4) is 0 Å². The number of urea groups is 1. The van der Waals surface area contributed by atoms with Crippen LogP contribution >= 0.6 is 0 Å². The molecule has 2 amide bonds. The van der Waals surface area contributed by atoms with E-state index in [0.717, 1.165) is 0 Å². The molecule has 1 aromatic rings. The highest BCUT2D eigenvalue weighted by Gasteiger charge is 2.07. The van der Waals surface area contributed by atoms with E-state index in [0.29, 0.717) is 30.0 Å². The minimum Gasteiger partial charge on any atom is -0.465 e. The maximum atomic E-state index is 11.3. The van der Waals surface area contributed by atoms with Crippen molar-refractivity contribution in [3.63, 3.8) is 0 Å². The first-order valence-electron chi connectivity index (χ1n) is 5.29. The van der Waals surface area contributed by atoms with Gasteiger partial charge in [0.05, 0.1) is 24.0 Å². The Bertz CT molecular complexity index is 448. The van der Waals surface area contributed by atoms with E-state index in [1.165, 1.54) is 7.11 Å². The van der Waals surface area contributed by atoms with Crippen LogP contribution < -0.4 is 22.1 Å². The van der Waals surface area contributed by atoms with Crippen molar-refractivity contribution in [2.75, 3.05) is 31.2 Å². The first kappa shape index (κ1) is 13.6. The molecule has 1 rings (SSSR count). The van der Waals surface area contributed by atoms with E-state index in [1.54, 1.807) is 18.2 Å². The Kier molecular flexibility index (Phi) is 4.79. The van der Waals surface area contributed by atoms with Crippen molar-refractivity contribution in [2.45, 2.75) is 0 Å². The van der Waals surface area contributed by atoms with Crippen LogP contribution in [-0.4, -0.2) is 32.2 Å². The first-order valence-corrected chi connectivity index (χ1v) is 5.29. The highest BCUT2D eigenvalue weighted by atomic mass is 16.5. The summed E-state index contributed by atoms with van der Waals surface area (Å²) in [7, 11) is 1.31. The standard InChI is InChI=1S/C11H16N4O3/c1-18-10(16)7-2-3-8(12)9(6-7)14-4-5-15-11(13)17/h2-3,6,14H,4-5,12H2,1H3,(H3,13,15,17). The lowest BCUT2D eigenvalue weighted by Gasteiger charge is -2.10. The monoisotopic (exact) mass is 252 g/mol. The average molecular weight is 252 g/mol. The minimum atomic E-state index is -0.590. The van der Waals surface area contributed by atoms with Gasteiger partial charge in [-0.2, -0.15) is 0 Å². The lowest BCUT2D eigenvalue weighted by Crippen LogP contribution is -2.33. The fourth-order valence-corrected chi connectivity index (χ4v) is 1.34. The molecule has 0 aromatic heterocycles. The molecule has 0 spiro atoms. The fourth-order valence-electron chi connectivity index (χ4n) is 1.34. The predicted octanol–water partition coefficient (Wildman–Crippen LogP) is 0.136. The Morgan fingerprint density at radius 1 is 1.33 bits per heavy atom. The Labute approximate surface area is 104 Å². The van der Waals surface area contributed by atoms with Crippen LogP contribution in [0.2, 0.25) is 0 Å². The quantitative estimate of drug-likeness (QED) is 0.337. The minimum absolute atomic E-state index is 0.358. The molecule has 0 aliphatic rings. The number of esters is 1. The molecule has 7 heteroatoms. The van der Waals surface area contributed by atoms with Gasteiger partial charge in [-0.05, 0) is 18.2 Å². The van der Waals surface area contributed by atoms with Gasteiger partial charge in [0.25, 0.3) is 0 Å². The Morgan fingerprint density at radius 3 is 2.67 bits per heavy atom. The highest BCUT2D eigenvalue weighted by molar-refractivity contribution is 5.91. The van der Waals surface area contributed by atoms with Gasteiger partial charge in [-0.25, -0.2) is 9.59 Å². The second-order valence-electron chi connectivity index (χ2n) is 3.51. The number of hydrogen-bond acceptors (Lipinski definition) is 5. The normalized spacial score (nSPS) is 9.61. The molecule has 0 bridgehead atoms. The zero-order valence-corrected chi connectivity index (χ0v) is 10.0. The molecule has 0 saturated carbocycles. The van der Waals surface area contributed by atoms with Gasteiger partial charge in [-0.3, -0.25) is 0 Å². The van der Waals surface area contributed by atoms with E-state index in [-0.39, 0.29) is 0 Å². The lowest BCUT2D eigenvalue weighted by atomic mass is 10.1. The van der Waals surface area contributed by atoms with Crippen molar-refractivity contribution in [1.82, 2.24) is 5.32 Å². The van der Waals surface area contributed by atoms with E-state index in [4.69, 9.17) is 11.5 Å². The second kappa shape index (κ2) is 6.33. The summed E-state index contributed by atoms with van der Waals surface area (Å²) in [5.74, 6) is -0.437. The number of amides is 2. The summed E-state index contributed by atoms with van der Waals surface area (Å²) in [5, 5.41) is 5.41. The highest BCUT2D eigenvalue weighted by Crippen LogP contribution is 2.20. The molecule has 0 heterocycles. The van der Waals surface area contributed by atoms with Crippen LogP contribution in [0.3, 0.4) is 0 Å². The number of nitrogen functional groups attached to an aromatic ring is 1. The van der Waals surface area contributed by atoms with E-state index >= 15 is 0 Å². The number of hydrogen-bond donors (Lipinski definition) is 4. The van der Waals surface area contributed by atoms with Gasteiger partial charge >= 0.3 is 12.0 Å². The Hall–Kier alpha value is -2.44. The van der Waals surface area contributed by atoms with Crippen LogP contribution in [0.15, 0.2) is 18.2 Å². The van der Waals surface area contributed by atoms with Gasteiger partial charge in [0.15, 0.2) is 0 Å². The zero-order valence-electron chi connectivity index (χ0n) is 10.0. The van der Waals surface area contributed by atoms with Crippen LogP contribution in [0.25, 0.3) is 0 Å².